The molecule has 1 saturated heterocycles. The molecule has 44 heavy (non-hydrogen) atoms. The molecule has 1 fully saturated rings. The molecule has 0 spiro atoms. The van der Waals surface area contributed by atoms with Gasteiger partial charge in [0.2, 0.25) is 0 Å². The summed E-state index contributed by atoms with van der Waals surface area (Å²) in [6, 6.07) is 15.9. The lowest BCUT2D eigenvalue weighted by molar-refractivity contribution is -0.151. The minimum Gasteiger partial charge on any atom is -0.467 e. The third-order valence-electron chi connectivity index (χ3n) is 6.91. The highest BCUT2D eigenvalue weighted by Gasteiger charge is 2.39. The topological polar surface area (TPSA) is 141 Å². The van der Waals surface area contributed by atoms with Crippen molar-refractivity contribution in [3.8, 4) is 0 Å². The highest BCUT2D eigenvalue weighted by Crippen LogP contribution is 2.28. The van der Waals surface area contributed by atoms with Crippen molar-refractivity contribution in [1.29, 1.82) is 0 Å². The van der Waals surface area contributed by atoms with E-state index in [0.29, 0.717) is 24.9 Å². The Kier molecular flexibility index (Phi) is 10.7. The maximum Gasteiger partial charge on any atom is 0.408 e. The summed E-state index contributed by atoms with van der Waals surface area (Å²) in [4.78, 5) is 58.0. The molecule has 2 aromatic carbocycles. The lowest BCUT2D eigenvalue weighted by atomic mass is 10.0. The van der Waals surface area contributed by atoms with E-state index >= 15 is 0 Å². The molecule has 3 amide bonds. The van der Waals surface area contributed by atoms with Crippen molar-refractivity contribution in [3.05, 3.63) is 84.3 Å². The fraction of sp³-hybridized carbons (Fsp3) is 0.406. The number of benzene rings is 2. The van der Waals surface area contributed by atoms with Crippen molar-refractivity contribution in [2.45, 2.75) is 63.9 Å². The molecule has 12 nitrogen and oxygen atoms in total. The van der Waals surface area contributed by atoms with E-state index in [4.69, 9.17) is 14.2 Å². The van der Waals surface area contributed by atoms with Crippen molar-refractivity contribution in [2.75, 3.05) is 25.6 Å². The van der Waals surface area contributed by atoms with Gasteiger partial charge in [-0.05, 0) is 44.7 Å². The van der Waals surface area contributed by atoms with Crippen LogP contribution < -0.4 is 10.6 Å². The summed E-state index contributed by atoms with van der Waals surface area (Å²) >= 11 is 0. The maximum atomic E-state index is 13.9. The fourth-order valence-electron chi connectivity index (χ4n) is 4.90. The molecular weight excluding hydrogens is 566 g/mol. The van der Waals surface area contributed by atoms with Crippen molar-refractivity contribution in [3.63, 3.8) is 0 Å². The maximum absolute atomic E-state index is 13.9. The first-order valence-corrected chi connectivity index (χ1v) is 14.4. The van der Waals surface area contributed by atoms with Gasteiger partial charge in [-0.25, -0.2) is 14.6 Å². The second-order valence-corrected chi connectivity index (χ2v) is 11.4. The summed E-state index contributed by atoms with van der Waals surface area (Å²) in [5, 5.41) is 5.28. The monoisotopic (exact) mass is 605 g/mol. The molecule has 0 bridgehead atoms. The van der Waals surface area contributed by atoms with E-state index in [1.807, 2.05) is 60.7 Å². The number of nitrogens with one attached hydrogen (secondary N) is 2. The van der Waals surface area contributed by atoms with Crippen molar-refractivity contribution in [2.24, 2.45) is 0 Å². The molecular formula is C32H39N5O7. The molecule has 3 atom stereocenters. The van der Waals surface area contributed by atoms with Crippen LogP contribution in [-0.2, 0) is 35.2 Å². The number of alkyl carbamates (subject to hydrolysis) is 1. The number of amides is 3. The fourth-order valence-corrected chi connectivity index (χ4v) is 4.90. The van der Waals surface area contributed by atoms with Gasteiger partial charge in [-0.15, -0.1) is 0 Å². The van der Waals surface area contributed by atoms with Gasteiger partial charge < -0.3 is 34.3 Å². The van der Waals surface area contributed by atoms with Gasteiger partial charge in [-0.2, -0.15) is 0 Å². The average molecular weight is 606 g/mol. The van der Waals surface area contributed by atoms with Gasteiger partial charge in [0, 0.05) is 12.7 Å². The zero-order chi connectivity index (χ0) is 31.7. The first kappa shape index (κ1) is 32.2. The van der Waals surface area contributed by atoms with Crippen LogP contribution in [0.1, 0.15) is 50.8 Å². The van der Waals surface area contributed by atoms with E-state index in [9.17, 15) is 19.2 Å². The van der Waals surface area contributed by atoms with Gasteiger partial charge >= 0.3 is 12.1 Å². The van der Waals surface area contributed by atoms with Gasteiger partial charge in [-0.3, -0.25) is 9.59 Å². The molecule has 2 N–H and O–H groups in total. The van der Waals surface area contributed by atoms with E-state index in [-0.39, 0.29) is 24.9 Å². The summed E-state index contributed by atoms with van der Waals surface area (Å²) in [5.41, 5.74) is 0.824. The van der Waals surface area contributed by atoms with Gasteiger partial charge in [0.15, 0.2) is 5.82 Å². The number of likely N-dealkylation sites (tertiary alicyclic amines) is 1. The molecule has 1 aromatic heterocycles. The second kappa shape index (κ2) is 14.6. The second-order valence-electron chi connectivity index (χ2n) is 11.4. The average Bonchev–Trinajstić information content (AvgIpc) is 3.67. The Morgan fingerprint density at radius 3 is 2.36 bits per heavy atom. The largest absolute Gasteiger partial charge is 0.467 e. The lowest BCUT2D eigenvalue weighted by Crippen LogP contribution is -2.48. The zero-order valence-electron chi connectivity index (χ0n) is 25.4. The number of esters is 1. The molecule has 234 valence electrons. The Morgan fingerprint density at radius 1 is 1.02 bits per heavy atom. The molecule has 4 rings (SSSR count). The minimum absolute atomic E-state index is 0.129. The summed E-state index contributed by atoms with van der Waals surface area (Å²) < 4.78 is 17.6. The van der Waals surface area contributed by atoms with Crippen LogP contribution in [0.4, 0.5) is 10.6 Å². The number of carbonyl (C=O) groups excluding carboxylic acids is 4. The van der Waals surface area contributed by atoms with Crippen LogP contribution in [0.15, 0.2) is 73.2 Å². The summed E-state index contributed by atoms with van der Waals surface area (Å²) in [5.74, 6) is -1.17. The van der Waals surface area contributed by atoms with Gasteiger partial charge in [0.25, 0.3) is 11.8 Å². The normalized spacial score (nSPS) is 16.1. The number of imidazole rings is 1. The first-order valence-electron chi connectivity index (χ1n) is 14.4. The number of anilines is 1. The number of methoxy groups -OCH3 is 1. The van der Waals surface area contributed by atoms with Crippen molar-refractivity contribution in [1.82, 2.24) is 19.8 Å². The Bertz CT molecular complexity index is 1420. The minimum atomic E-state index is -1.10. The van der Waals surface area contributed by atoms with Gasteiger partial charge in [0.1, 0.15) is 23.7 Å². The van der Waals surface area contributed by atoms with E-state index < -0.39 is 41.7 Å². The molecule has 0 saturated carbocycles. The number of nitrogens with zero attached hydrogens (tertiary/aromatic N) is 3. The summed E-state index contributed by atoms with van der Waals surface area (Å²) in [6.45, 7) is 5.69. The summed E-state index contributed by atoms with van der Waals surface area (Å²) in [6.07, 6.45) is 3.40. The van der Waals surface area contributed by atoms with Crippen LogP contribution in [0.25, 0.3) is 0 Å². The Morgan fingerprint density at radius 2 is 1.70 bits per heavy atom. The third-order valence-corrected chi connectivity index (χ3v) is 6.91. The number of aromatic nitrogens is 2. The zero-order valence-corrected chi connectivity index (χ0v) is 25.4. The van der Waals surface area contributed by atoms with E-state index in [1.165, 1.54) is 24.5 Å². The van der Waals surface area contributed by atoms with Crippen molar-refractivity contribution >= 4 is 29.7 Å². The first-order chi connectivity index (χ1) is 21.1. The molecule has 3 aromatic rings. The predicted molar refractivity (Wildman–Crippen MR) is 161 cm³/mol. The van der Waals surface area contributed by atoms with E-state index in [2.05, 4.69) is 15.6 Å². The van der Waals surface area contributed by atoms with Crippen LogP contribution >= 0.6 is 0 Å². The molecule has 3 unspecified atom stereocenters. The number of ether oxygens (including phenoxy) is 3. The Hall–Kier alpha value is -4.71. The van der Waals surface area contributed by atoms with Crippen LogP contribution in [-0.4, -0.2) is 76.3 Å². The van der Waals surface area contributed by atoms with Crippen LogP contribution in [0, 0.1) is 0 Å². The molecule has 0 radical (unpaired) electrons. The predicted octanol–water partition coefficient (Wildman–Crippen LogP) is 3.69. The van der Waals surface area contributed by atoms with E-state index in [1.54, 1.807) is 25.3 Å². The standard InChI is InChI=1S/C32H39N5O7/c1-32(2,3)44-31(41)34-24(20-43-19-22-12-7-5-8-13-22)28(38)35-26-18-36(21-33-26)27(23-14-9-6-10-15-23)29(39)37-17-11-16-25(37)30(40)42-4/h5-10,12-15,18,21,24-25,27H,11,16-17,19-20H2,1-4H3,(H,34,41)(H,35,38). The van der Waals surface area contributed by atoms with Crippen LogP contribution in [0.3, 0.4) is 0 Å². The Balaban J connectivity index is 1.52. The lowest BCUT2D eigenvalue weighted by Gasteiger charge is -2.28. The molecule has 2 heterocycles. The van der Waals surface area contributed by atoms with Crippen LogP contribution in [0.5, 0.6) is 0 Å². The smallest absolute Gasteiger partial charge is 0.408 e. The SMILES string of the molecule is COC(=O)C1CCCN1C(=O)C(c1ccccc1)n1cnc(NC(=O)C(COCc2ccccc2)NC(=O)OC(C)(C)C)c1. The quantitative estimate of drug-likeness (QED) is 0.316. The van der Waals surface area contributed by atoms with E-state index in [0.717, 1.165) is 5.56 Å². The molecule has 1 aliphatic rings. The number of hydrogen-bond donors (Lipinski definition) is 2. The van der Waals surface area contributed by atoms with Gasteiger partial charge in [0.05, 0.1) is 26.7 Å². The molecule has 12 heteroatoms. The number of carbonyl (C=O) groups is 4. The highest BCUT2D eigenvalue weighted by atomic mass is 16.6. The highest BCUT2D eigenvalue weighted by molar-refractivity contribution is 5.96. The van der Waals surface area contributed by atoms with Crippen molar-refractivity contribution < 1.29 is 33.4 Å². The Labute approximate surface area is 256 Å². The summed E-state index contributed by atoms with van der Waals surface area (Å²) in [7, 11) is 1.31. The van der Waals surface area contributed by atoms with Gasteiger partial charge in [-0.1, -0.05) is 60.7 Å². The number of hydrogen-bond acceptors (Lipinski definition) is 8. The molecule has 0 aliphatic carbocycles. The van der Waals surface area contributed by atoms with Crippen LogP contribution in [0.2, 0.25) is 0 Å². The molecule has 1 aliphatic heterocycles. The number of rotatable bonds is 11. The third kappa shape index (κ3) is 8.66.